The Morgan fingerprint density at radius 1 is 0.614 bits per heavy atom. The van der Waals surface area contributed by atoms with Crippen LogP contribution >= 0.6 is 0 Å². The van der Waals surface area contributed by atoms with Crippen LogP contribution < -0.4 is 26.2 Å². The Morgan fingerprint density at radius 3 is 1.41 bits per heavy atom. The lowest BCUT2D eigenvalue weighted by atomic mass is 9.72. The predicted molar refractivity (Wildman–Crippen MR) is 291 cm³/mol. The Labute approximate surface area is 498 Å². The molecule has 4 aromatic rings. The number of aliphatic hydroxyl groups is 6. The number of Topliss-reactive ketones (excluding diaryl/α,β-unsaturated/α-hetero) is 2. The van der Waals surface area contributed by atoms with E-state index < -0.39 is 222 Å². The highest BCUT2D eigenvalue weighted by Crippen LogP contribution is 2.55. The van der Waals surface area contributed by atoms with Crippen molar-refractivity contribution in [2.45, 2.75) is 144 Å². The molecular weight excluding hydrogens is 1170 g/mol. The van der Waals surface area contributed by atoms with Crippen LogP contribution in [0.3, 0.4) is 0 Å². The first-order chi connectivity index (χ1) is 41.7. The highest BCUT2D eigenvalue weighted by molar-refractivity contribution is 6.32. The molecule has 4 aliphatic carbocycles. The summed E-state index contributed by atoms with van der Waals surface area (Å²) in [7, 11) is 2.52. The standard InChI is InChI=1S/C59H63N3O26/c1-21-47(68)28(13-37(83-21)85-32-17-58(79,34(65)19-63)15-25-41(32)55(76)45-43(51(25)72)49(70)23-7-5-9-30(81-3)39(23)53(45)74)61-87-36(67)12-11-27(60)57(78)88-62-29-14-38(84-22(2)48(29)69)86-33-18-59(80,35(66)20-64)16-26-42(33)56(77)46-44(52(26)73)50(71)24-8-6-10-31(82-4)40(24)54(46)75/h5-10,21-22,27-29,32-33,37-38,47-48,61-64,68-69,72-73,76-77,79-80H,11-20,60H2,1-4H3/t21?,22?,27-,28?,29?,32-,33-,37?,38?,47?,48?,58-,59-/m0/s1. The highest BCUT2D eigenvalue weighted by Gasteiger charge is 2.53. The number of fused-ring (bicyclic) bond motifs is 6. The zero-order valence-corrected chi connectivity index (χ0v) is 47.5. The van der Waals surface area contributed by atoms with Crippen molar-refractivity contribution in [2.75, 3.05) is 27.4 Å². The molecule has 0 amide bonds. The molecule has 0 saturated carbocycles. The van der Waals surface area contributed by atoms with Crippen LogP contribution in [0.25, 0.3) is 0 Å². The number of hydrogen-bond acceptors (Lipinski definition) is 29. The molecule has 0 spiro atoms. The average Bonchev–Trinajstić information content (AvgIpc) is 0.729. The fourth-order valence-corrected chi connectivity index (χ4v) is 12.5. The minimum atomic E-state index is -2.46. The second-order valence-electron chi connectivity index (χ2n) is 22.5. The van der Waals surface area contributed by atoms with Crippen molar-refractivity contribution in [1.82, 2.24) is 11.0 Å². The van der Waals surface area contributed by atoms with Crippen molar-refractivity contribution < 1.29 is 128 Å². The third kappa shape index (κ3) is 10.8. The van der Waals surface area contributed by atoms with Gasteiger partial charge in [0.2, 0.25) is 11.6 Å². The number of benzene rings is 4. The third-order valence-electron chi connectivity index (χ3n) is 17.1. The largest absolute Gasteiger partial charge is 0.507 e. The fourth-order valence-electron chi connectivity index (χ4n) is 12.5. The molecule has 29 nitrogen and oxygen atoms in total. The molecule has 29 heteroatoms. The molecule has 14 N–H and O–H groups in total. The summed E-state index contributed by atoms with van der Waals surface area (Å²) in [6, 6.07) is 4.43. The molecule has 0 aromatic heterocycles. The molecule has 2 heterocycles. The van der Waals surface area contributed by atoms with Crippen LogP contribution in [-0.4, -0.2) is 191 Å². The summed E-state index contributed by atoms with van der Waals surface area (Å²) in [5.74, 6) is -11.3. The number of methoxy groups -OCH3 is 2. The minimum Gasteiger partial charge on any atom is -0.507 e. The molecule has 0 bridgehead atoms. The number of nitrogens with one attached hydrogen (secondary N) is 2. The third-order valence-corrected chi connectivity index (χ3v) is 17.1. The van der Waals surface area contributed by atoms with Crippen molar-refractivity contribution in [1.29, 1.82) is 0 Å². The Kier molecular flexibility index (Phi) is 17.4. The first-order valence-corrected chi connectivity index (χ1v) is 27.8. The van der Waals surface area contributed by atoms with Crippen LogP contribution in [0.4, 0.5) is 0 Å². The number of aromatic hydroxyl groups is 4. The quantitative estimate of drug-likeness (QED) is 0.0374. The van der Waals surface area contributed by atoms with E-state index in [1.165, 1.54) is 64.5 Å². The Hall–Kier alpha value is -7.88. The van der Waals surface area contributed by atoms with E-state index in [1.807, 2.05) is 0 Å². The smallest absolute Gasteiger partial charge is 0.341 e. The van der Waals surface area contributed by atoms with Gasteiger partial charge in [-0.3, -0.25) is 33.6 Å². The van der Waals surface area contributed by atoms with Gasteiger partial charge in [0.05, 0.1) is 96.3 Å². The number of hydrogen-bond donors (Lipinski definition) is 13. The van der Waals surface area contributed by atoms with Crippen molar-refractivity contribution in [3.63, 3.8) is 0 Å². The van der Waals surface area contributed by atoms with Gasteiger partial charge >= 0.3 is 11.9 Å². The summed E-state index contributed by atoms with van der Waals surface area (Å²) in [5, 5.41) is 112. The molecule has 10 rings (SSSR count). The van der Waals surface area contributed by atoms with Gasteiger partial charge in [-0.15, -0.1) is 11.0 Å². The number of carbonyl (C=O) groups is 8. The van der Waals surface area contributed by atoms with Gasteiger partial charge in [0.15, 0.2) is 35.7 Å². The molecule has 88 heavy (non-hydrogen) atoms. The first kappa shape index (κ1) is 63.1. The van der Waals surface area contributed by atoms with E-state index in [0.29, 0.717) is 0 Å². The topological polar surface area (TPSA) is 463 Å². The van der Waals surface area contributed by atoms with Crippen LogP contribution in [0.2, 0.25) is 0 Å². The Balaban J connectivity index is 0.774. The van der Waals surface area contributed by atoms with Crippen LogP contribution in [0.15, 0.2) is 36.4 Å². The number of hydroxylamine groups is 2. The summed E-state index contributed by atoms with van der Waals surface area (Å²) in [4.78, 5) is 119. The van der Waals surface area contributed by atoms with E-state index in [2.05, 4.69) is 11.0 Å². The lowest BCUT2D eigenvalue weighted by Crippen LogP contribution is -2.55. The van der Waals surface area contributed by atoms with E-state index in [9.17, 15) is 89.4 Å². The zero-order chi connectivity index (χ0) is 63.7. The second-order valence-corrected chi connectivity index (χ2v) is 22.5. The van der Waals surface area contributed by atoms with Gasteiger partial charge < -0.3 is 94.9 Å². The summed E-state index contributed by atoms with van der Waals surface area (Å²) >= 11 is 0. The number of rotatable bonds is 18. The molecule has 2 fully saturated rings. The van der Waals surface area contributed by atoms with Crippen LogP contribution in [0, 0.1) is 0 Å². The molecule has 470 valence electrons. The van der Waals surface area contributed by atoms with Crippen molar-refractivity contribution in [2.24, 2.45) is 5.73 Å². The van der Waals surface area contributed by atoms with Gasteiger partial charge in [0.25, 0.3) is 0 Å². The molecule has 0 radical (unpaired) electrons. The minimum absolute atomic E-state index is 0.00483. The van der Waals surface area contributed by atoms with Crippen LogP contribution in [0.1, 0.15) is 151 Å². The molecular formula is C59H63N3O26. The molecule has 8 unspecified atom stereocenters. The van der Waals surface area contributed by atoms with Gasteiger partial charge in [-0.05, 0) is 32.4 Å². The summed E-state index contributed by atoms with van der Waals surface area (Å²) in [6.07, 6.45) is -15.6. The lowest BCUT2D eigenvalue weighted by molar-refractivity contribution is -0.257. The molecule has 6 aliphatic rings. The Morgan fingerprint density at radius 2 is 1.01 bits per heavy atom. The summed E-state index contributed by atoms with van der Waals surface area (Å²) < 4.78 is 34.9. The van der Waals surface area contributed by atoms with Gasteiger partial charge in [0.1, 0.15) is 65.0 Å². The van der Waals surface area contributed by atoms with Gasteiger partial charge in [0, 0.05) is 78.3 Å². The summed E-state index contributed by atoms with van der Waals surface area (Å²) in [5.41, 5.74) is 1.59. The lowest BCUT2D eigenvalue weighted by Gasteiger charge is -2.42. The number of ether oxygens (including phenoxy) is 6. The number of phenolic OH excluding ortho intramolecular Hbond substituents is 4. The number of carbonyl (C=O) groups excluding carboxylic acids is 8. The maximum Gasteiger partial charge on any atom is 0.341 e. The summed E-state index contributed by atoms with van der Waals surface area (Å²) in [6.45, 7) is 0.510. The number of phenols is 4. The first-order valence-electron chi connectivity index (χ1n) is 27.8. The van der Waals surface area contributed by atoms with Crippen LogP contribution in [0.5, 0.6) is 34.5 Å². The van der Waals surface area contributed by atoms with Crippen molar-refractivity contribution >= 4 is 46.6 Å². The molecule has 13 atom stereocenters. The van der Waals surface area contributed by atoms with Gasteiger partial charge in [-0.1, -0.05) is 24.3 Å². The number of nitrogens with two attached hydrogens (primary N) is 1. The fraction of sp³-hybridized carbons (Fsp3) is 0.458. The van der Waals surface area contributed by atoms with Crippen molar-refractivity contribution in [3.05, 3.63) is 103 Å². The monoisotopic (exact) mass is 1230 g/mol. The Bertz CT molecular complexity index is 3590. The van der Waals surface area contributed by atoms with Gasteiger partial charge in [-0.2, -0.15) is 0 Å². The van der Waals surface area contributed by atoms with E-state index >= 15 is 0 Å². The zero-order valence-electron chi connectivity index (χ0n) is 47.5. The van der Waals surface area contributed by atoms with E-state index in [1.54, 1.807) is 0 Å². The maximum atomic E-state index is 14.1. The predicted octanol–water partition coefficient (Wildman–Crippen LogP) is -0.698. The van der Waals surface area contributed by atoms with E-state index in [0.717, 1.165) is 0 Å². The maximum absolute atomic E-state index is 14.1. The van der Waals surface area contributed by atoms with Crippen molar-refractivity contribution in [3.8, 4) is 34.5 Å². The molecule has 2 saturated heterocycles. The second kappa shape index (κ2) is 24.2. The number of ketones is 6. The average molecular weight is 1230 g/mol. The highest BCUT2D eigenvalue weighted by atomic mass is 16.7. The normalized spacial score (nSPS) is 28.2. The van der Waals surface area contributed by atoms with Crippen LogP contribution in [-0.2, 0) is 60.6 Å². The van der Waals surface area contributed by atoms with E-state index in [4.69, 9.17) is 43.8 Å². The molecule has 4 aromatic carbocycles. The van der Waals surface area contributed by atoms with Gasteiger partial charge in [-0.25, -0.2) is 4.79 Å². The molecule has 2 aliphatic heterocycles. The SMILES string of the molecule is COc1cccc2c1C(=O)c1c(O)c3c(c(O)c1C2=O)C[C@@](O)(C(=O)CO)C[C@@H]3OC1CC(NOC(=O)CC[C@H](N)C(=O)ONC2CC(O[C@H]3C[C@](O)(C(=O)CO)Cc4c(O)c5c(c(O)c43)C(=O)c3c(OC)cccc3C5=O)OC(C)C2O)C(O)C(C)O1. The number of aliphatic hydroxyl groups excluding tert-OH is 4. The van der Waals surface area contributed by atoms with E-state index in [-0.39, 0.29) is 68.8 Å².